The summed E-state index contributed by atoms with van der Waals surface area (Å²) in [6, 6.07) is 4.24. The van der Waals surface area contributed by atoms with Gasteiger partial charge in [0, 0.05) is 46.0 Å². The van der Waals surface area contributed by atoms with Crippen molar-refractivity contribution in [2.24, 2.45) is 10.8 Å². The fraction of sp³-hybridized carbons (Fsp3) is 0.568. The highest BCUT2D eigenvalue weighted by Crippen LogP contribution is 2.43. The number of aliphatic hydroxyl groups is 1. The summed E-state index contributed by atoms with van der Waals surface area (Å²) in [6.45, 7) is 13.4. The van der Waals surface area contributed by atoms with Gasteiger partial charge in [0.15, 0.2) is 11.4 Å². The molecule has 0 saturated carbocycles. The number of fused-ring (bicyclic) bond motifs is 5. The molecule has 1 aromatic carbocycles. The summed E-state index contributed by atoms with van der Waals surface area (Å²) in [5, 5.41) is 26.3. The first-order chi connectivity index (χ1) is 27.8. The lowest BCUT2D eigenvalue weighted by molar-refractivity contribution is -0.182. The van der Waals surface area contributed by atoms with Crippen molar-refractivity contribution in [1.82, 2.24) is 25.1 Å². The van der Waals surface area contributed by atoms with E-state index in [1.807, 2.05) is 13.8 Å². The van der Waals surface area contributed by atoms with E-state index in [1.165, 1.54) is 4.90 Å². The zero-order valence-electron chi connectivity index (χ0n) is 35.4. The third kappa shape index (κ3) is 7.98. The Kier molecular flexibility index (Phi) is 12.1. The Labute approximate surface area is 343 Å². The first-order valence-electron chi connectivity index (χ1n) is 20.6. The standard InChI is InChI=1S/C44H57N5O10/c1-9-26-27-20-49-32(37(27)47-30-14-15-33(51)25(4)36(26)30)17-29-28(38(49)54)21-58-41(57)44(29,10-2)59-22-34(52)31-13-11-12-16-48(31)35(53)19-46-40(56)43(7,8)23-42(5,6)39(55)45-18-24(3)50/h14-15,17,24,31,50-51H,9-13,16,18-23H2,1-8H3,(H,45,55)(H,46,56)/t24?,31?,44-/m0/s1. The second kappa shape index (κ2) is 16.5. The molecule has 3 amide bonds. The number of rotatable bonds is 14. The highest BCUT2D eigenvalue weighted by atomic mass is 16.6. The number of carbonyl (C=O) groups is 5. The molecule has 1 saturated heterocycles. The summed E-state index contributed by atoms with van der Waals surface area (Å²) < 4.78 is 13.5. The number of aromatic nitrogens is 2. The van der Waals surface area contributed by atoms with Crippen LogP contribution in [0, 0.1) is 17.8 Å². The van der Waals surface area contributed by atoms with Gasteiger partial charge in [-0.05, 0) is 76.1 Å². The van der Waals surface area contributed by atoms with Crippen LogP contribution < -0.4 is 16.2 Å². The number of Topliss-reactive ketones (excluding diaryl/α,β-unsaturated/α-hetero) is 1. The monoisotopic (exact) mass is 815 g/mol. The van der Waals surface area contributed by atoms with Crippen molar-refractivity contribution >= 4 is 40.4 Å². The number of cyclic esters (lactones) is 1. The minimum absolute atomic E-state index is 0.0554. The van der Waals surface area contributed by atoms with E-state index in [9.17, 15) is 39.0 Å². The Morgan fingerprint density at radius 3 is 2.41 bits per heavy atom. The van der Waals surface area contributed by atoms with Crippen molar-refractivity contribution in [3.63, 3.8) is 0 Å². The van der Waals surface area contributed by atoms with E-state index >= 15 is 0 Å². The molecule has 15 nitrogen and oxygen atoms in total. The van der Waals surface area contributed by atoms with Gasteiger partial charge in [-0.3, -0.25) is 24.0 Å². The van der Waals surface area contributed by atoms with Crippen LogP contribution in [0.5, 0.6) is 5.75 Å². The van der Waals surface area contributed by atoms with Crippen LogP contribution in [0.25, 0.3) is 22.3 Å². The number of amides is 3. The van der Waals surface area contributed by atoms with Gasteiger partial charge in [-0.1, -0.05) is 41.5 Å². The third-order valence-corrected chi connectivity index (χ3v) is 12.2. The molecule has 6 rings (SSSR count). The molecule has 4 N–H and O–H groups in total. The number of nitrogens with one attached hydrogen (secondary N) is 2. The zero-order valence-corrected chi connectivity index (χ0v) is 35.4. The molecule has 3 aliphatic heterocycles. The molecule has 0 bridgehead atoms. The second-order valence-corrected chi connectivity index (χ2v) is 17.5. The van der Waals surface area contributed by atoms with Crippen LogP contribution in [-0.2, 0) is 58.6 Å². The van der Waals surface area contributed by atoms with E-state index in [0.717, 1.165) is 16.5 Å². The molecule has 2 unspecified atom stereocenters. The minimum atomic E-state index is -1.78. The molecule has 1 fully saturated rings. The fourth-order valence-corrected chi connectivity index (χ4v) is 9.15. The van der Waals surface area contributed by atoms with Gasteiger partial charge in [0.1, 0.15) is 19.0 Å². The number of likely N-dealkylation sites (tertiary alicyclic amines) is 1. The van der Waals surface area contributed by atoms with Crippen LogP contribution in [0.3, 0.4) is 0 Å². The smallest absolute Gasteiger partial charge is 0.343 e. The molecular weight excluding hydrogens is 759 g/mol. The Balaban J connectivity index is 1.20. The lowest BCUT2D eigenvalue weighted by atomic mass is 9.74. The molecule has 15 heteroatoms. The summed E-state index contributed by atoms with van der Waals surface area (Å²) in [4.78, 5) is 88.1. The maximum Gasteiger partial charge on any atom is 0.343 e. The SMILES string of the molecule is CCc1c2c(nc3ccc(O)c(C)c13)-c1cc3c(c(=O)n1C2)COC(=O)[C@@]3(CC)OCC(=O)C1CCCCN1C(=O)CNC(=O)C(C)(C)CC(C)(C)C(=O)NCC(C)O. The summed E-state index contributed by atoms with van der Waals surface area (Å²) in [5.41, 5.74) is 0.804. The number of ether oxygens (including phenoxy) is 2. The molecular formula is C44H57N5O10. The van der Waals surface area contributed by atoms with Gasteiger partial charge in [0.05, 0.1) is 47.7 Å². The predicted octanol–water partition coefficient (Wildman–Crippen LogP) is 3.69. The summed E-state index contributed by atoms with van der Waals surface area (Å²) in [6.07, 6.45) is 1.84. The zero-order chi connectivity index (χ0) is 43.2. The Morgan fingerprint density at radius 1 is 1.05 bits per heavy atom. The van der Waals surface area contributed by atoms with E-state index in [2.05, 4.69) is 10.6 Å². The summed E-state index contributed by atoms with van der Waals surface area (Å²) in [7, 11) is 0. The molecule has 3 aromatic rings. The minimum Gasteiger partial charge on any atom is -0.508 e. The normalized spacial score (nSPS) is 19.4. The molecule has 2 aromatic heterocycles. The molecule has 0 aliphatic carbocycles. The van der Waals surface area contributed by atoms with Crippen molar-refractivity contribution < 1.29 is 43.7 Å². The van der Waals surface area contributed by atoms with Crippen molar-refractivity contribution in [3.05, 3.63) is 56.4 Å². The first kappa shape index (κ1) is 43.4. The first-order valence-corrected chi connectivity index (χ1v) is 20.6. The van der Waals surface area contributed by atoms with Gasteiger partial charge in [-0.2, -0.15) is 0 Å². The lowest BCUT2D eigenvalue weighted by Crippen LogP contribution is -2.54. The number of carbonyl (C=O) groups excluding carboxylic acids is 5. The van der Waals surface area contributed by atoms with E-state index in [4.69, 9.17) is 14.5 Å². The number of ketones is 1. The quantitative estimate of drug-likeness (QED) is 0.135. The third-order valence-electron chi connectivity index (χ3n) is 12.2. The van der Waals surface area contributed by atoms with Crippen molar-refractivity contribution in [2.75, 3.05) is 26.2 Å². The van der Waals surface area contributed by atoms with E-state index in [-0.39, 0.29) is 68.4 Å². The van der Waals surface area contributed by atoms with Gasteiger partial charge in [-0.25, -0.2) is 9.78 Å². The van der Waals surface area contributed by atoms with E-state index < -0.39 is 58.8 Å². The number of aliphatic hydroxyl groups excluding tert-OH is 1. The second-order valence-electron chi connectivity index (χ2n) is 17.5. The lowest BCUT2D eigenvalue weighted by Gasteiger charge is -2.38. The van der Waals surface area contributed by atoms with Crippen molar-refractivity contribution in [3.8, 4) is 17.1 Å². The van der Waals surface area contributed by atoms with Crippen LogP contribution in [-0.4, -0.2) is 92.5 Å². The molecule has 0 radical (unpaired) electrons. The van der Waals surface area contributed by atoms with Gasteiger partial charge in [0.25, 0.3) is 5.56 Å². The fourth-order valence-electron chi connectivity index (χ4n) is 9.15. The number of aryl methyl sites for hydroxylation is 2. The maximum absolute atomic E-state index is 14.2. The Hall–Kier alpha value is -5.15. The number of benzene rings is 1. The molecule has 0 spiro atoms. The van der Waals surface area contributed by atoms with Crippen molar-refractivity contribution in [1.29, 1.82) is 0 Å². The molecule has 3 aliphatic rings. The topological polar surface area (TPSA) is 206 Å². The Morgan fingerprint density at radius 2 is 1.75 bits per heavy atom. The number of nitrogens with zero attached hydrogens (tertiary/aromatic N) is 3. The average molecular weight is 816 g/mol. The largest absolute Gasteiger partial charge is 0.508 e. The van der Waals surface area contributed by atoms with Crippen LogP contribution in [0.1, 0.15) is 108 Å². The number of aromatic hydroxyl groups is 1. The highest BCUT2D eigenvalue weighted by molar-refractivity contribution is 5.94. The molecule has 3 atom stereocenters. The van der Waals surface area contributed by atoms with Crippen LogP contribution in [0.4, 0.5) is 0 Å². The average Bonchev–Trinajstić information content (AvgIpc) is 3.57. The number of esters is 1. The number of hydrogen-bond acceptors (Lipinski definition) is 11. The van der Waals surface area contributed by atoms with Gasteiger partial charge in [-0.15, -0.1) is 0 Å². The molecule has 59 heavy (non-hydrogen) atoms. The van der Waals surface area contributed by atoms with Crippen molar-refractivity contribution in [2.45, 2.75) is 125 Å². The summed E-state index contributed by atoms with van der Waals surface area (Å²) in [5.74, 6) is -2.18. The van der Waals surface area contributed by atoms with E-state index in [0.29, 0.717) is 53.7 Å². The summed E-state index contributed by atoms with van der Waals surface area (Å²) >= 11 is 0. The van der Waals surface area contributed by atoms with Gasteiger partial charge in [0.2, 0.25) is 17.7 Å². The number of hydrogen-bond donors (Lipinski definition) is 4. The van der Waals surface area contributed by atoms with Gasteiger partial charge >= 0.3 is 5.97 Å². The van der Waals surface area contributed by atoms with Gasteiger partial charge < -0.3 is 39.8 Å². The van der Waals surface area contributed by atoms with Crippen LogP contribution in [0.15, 0.2) is 23.0 Å². The highest BCUT2D eigenvalue weighted by Gasteiger charge is 2.49. The predicted molar refractivity (Wildman–Crippen MR) is 218 cm³/mol. The van der Waals surface area contributed by atoms with E-state index in [1.54, 1.807) is 64.3 Å². The number of phenols is 1. The Bertz CT molecular complexity index is 2280. The van der Waals surface area contributed by atoms with Crippen LogP contribution >= 0.6 is 0 Å². The van der Waals surface area contributed by atoms with Crippen LogP contribution in [0.2, 0.25) is 0 Å². The maximum atomic E-state index is 14.2. The number of pyridine rings is 2. The molecule has 5 heterocycles. The molecule has 318 valence electrons. The number of piperidine rings is 1. The number of phenolic OH excluding ortho intramolecular Hbond substituents is 1.